The van der Waals surface area contributed by atoms with Crippen LogP contribution < -0.4 is 26.8 Å². The average Bonchev–Trinajstić information content (AvgIpc) is 2.71. The van der Waals surface area contributed by atoms with E-state index in [1.807, 2.05) is 0 Å². The number of likely N-dealkylation sites (tertiary alicyclic amines) is 1. The molecule has 9 heteroatoms. The summed E-state index contributed by atoms with van der Waals surface area (Å²) < 4.78 is 5.96. The molecule has 1 atom stereocenters. The molecule has 0 radical (unpaired) electrons. The number of piperidine rings is 2. The summed E-state index contributed by atoms with van der Waals surface area (Å²) in [7, 11) is 1.52. The van der Waals surface area contributed by atoms with Gasteiger partial charge in [-0.15, -0.1) is 0 Å². The number of rotatable bonds is 6. The van der Waals surface area contributed by atoms with E-state index < -0.39 is 0 Å². The van der Waals surface area contributed by atoms with Gasteiger partial charge in [0.05, 0.1) is 18.7 Å². The van der Waals surface area contributed by atoms with Crippen LogP contribution in [0.1, 0.15) is 36.0 Å². The summed E-state index contributed by atoms with van der Waals surface area (Å²) in [6, 6.07) is 3.14. The molecule has 0 bridgehead atoms. The number of carbonyl (C=O) groups excluding carboxylic acids is 2. The lowest BCUT2D eigenvalue weighted by Gasteiger charge is -2.40. The summed E-state index contributed by atoms with van der Waals surface area (Å²) in [6.07, 6.45) is 3.49. The van der Waals surface area contributed by atoms with E-state index in [0.717, 1.165) is 51.9 Å². The number of nitrogens with one attached hydrogen (secondary N) is 2. The summed E-state index contributed by atoms with van der Waals surface area (Å²) >= 11 is 3.36. The zero-order valence-corrected chi connectivity index (χ0v) is 18.3. The minimum absolute atomic E-state index is 0.0429. The highest BCUT2D eigenvalue weighted by atomic mass is 79.9. The summed E-state index contributed by atoms with van der Waals surface area (Å²) in [5, 5.41) is 6.42. The Morgan fingerprint density at radius 3 is 2.48 bits per heavy atom. The Morgan fingerprint density at radius 1 is 1.24 bits per heavy atom. The Labute approximate surface area is 179 Å². The summed E-state index contributed by atoms with van der Waals surface area (Å²) in [5.74, 6) is 0.318. The van der Waals surface area contributed by atoms with Crippen molar-refractivity contribution >= 4 is 33.4 Å². The lowest BCUT2D eigenvalue weighted by atomic mass is 9.87. The monoisotopic (exact) mass is 467 g/mol. The lowest BCUT2D eigenvalue weighted by Crippen LogP contribution is -2.55. The van der Waals surface area contributed by atoms with E-state index in [0.29, 0.717) is 27.4 Å². The van der Waals surface area contributed by atoms with Crippen LogP contribution in [-0.4, -0.2) is 62.1 Å². The standard InChI is InChI=1S/C20H30BrN5O3/c1-29-17-11-16(22)15(21)10-14(17)20(28)25-13-4-8-26(9-5-13)18(19(23)27)12-2-6-24-7-3-12/h10-13,18,24H,2-9,22H2,1H3,(H2,23,27)(H,25,28). The minimum Gasteiger partial charge on any atom is -0.496 e. The van der Waals surface area contributed by atoms with Crippen molar-refractivity contribution in [3.05, 3.63) is 22.2 Å². The van der Waals surface area contributed by atoms with Crippen LogP contribution in [0.3, 0.4) is 0 Å². The lowest BCUT2D eigenvalue weighted by molar-refractivity contribution is -0.126. The topological polar surface area (TPSA) is 123 Å². The molecule has 3 rings (SSSR count). The Hall–Kier alpha value is -1.84. The van der Waals surface area contributed by atoms with Gasteiger partial charge >= 0.3 is 0 Å². The molecule has 29 heavy (non-hydrogen) atoms. The smallest absolute Gasteiger partial charge is 0.255 e. The first-order valence-corrected chi connectivity index (χ1v) is 10.9. The Balaban J connectivity index is 1.60. The predicted molar refractivity (Wildman–Crippen MR) is 116 cm³/mol. The molecule has 6 N–H and O–H groups in total. The van der Waals surface area contributed by atoms with Gasteiger partial charge in [0.1, 0.15) is 5.75 Å². The van der Waals surface area contributed by atoms with E-state index in [2.05, 4.69) is 31.5 Å². The van der Waals surface area contributed by atoms with Gasteiger partial charge in [0.2, 0.25) is 5.91 Å². The van der Waals surface area contributed by atoms with Crippen LogP contribution in [0.15, 0.2) is 16.6 Å². The van der Waals surface area contributed by atoms with Crippen molar-refractivity contribution in [1.29, 1.82) is 0 Å². The van der Waals surface area contributed by atoms with E-state index >= 15 is 0 Å². The molecule has 2 aliphatic heterocycles. The molecule has 2 aliphatic rings. The summed E-state index contributed by atoms with van der Waals surface area (Å²) in [6.45, 7) is 3.34. The number of nitrogen functional groups attached to an aromatic ring is 1. The highest BCUT2D eigenvalue weighted by Gasteiger charge is 2.35. The Bertz CT molecular complexity index is 746. The molecule has 1 aromatic carbocycles. The Kier molecular flexibility index (Phi) is 7.37. The number of nitrogens with two attached hydrogens (primary N) is 2. The van der Waals surface area contributed by atoms with Gasteiger partial charge in [-0.2, -0.15) is 0 Å². The van der Waals surface area contributed by atoms with E-state index in [-0.39, 0.29) is 23.9 Å². The second-order valence-corrected chi connectivity index (χ2v) is 8.65. The van der Waals surface area contributed by atoms with Crippen molar-refractivity contribution in [2.45, 2.75) is 37.8 Å². The van der Waals surface area contributed by atoms with Gasteiger partial charge in [0, 0.05) is 35.4 Å². The first-order valence-electron chi connectivity index (χ1n) is 10.1. The maximum atomic E-state index is 12.8. The first-order chi connectivity index (χ1) is 13.9. The number of hydrogen-bond acceptors (Lipinski definition) is 6. The fourth-order valence-corrected chi connectivity index (χ4v) is 4.71. The van der Waals surface area contributed by atoms with Crippen LogP contribution in [0.2, 0.25) is 0 Å². The fourth-order valence-electron chi connectivity index (χ4n) is 4.37. The second-order valence-electron chi connectivity index (χ2n) is 7.79. The molecular weight excluding hydrogens is 438 g/mol. The summed E-state index contributed by atoms with van der Waals surface area (Å²) in [4.78, 5) is 27.1. The minimum atomic E-state index is -0.240. The maximum Gasteiger partial charge on any atom is 0.255 e. The molecular formula is C20H30BrN5O3. The number of nitrogens with zero attached hydrogens (tertiary/aromatic N) is 1. The van der Waals surface area contributed by atoms with Gasteiger partial charge in [-0.1, -0.05) is 0 Å². The second kappa shape index (κ2) is 9.77. The number of anilines is 1. The molecule has 2 heterocycles. The van der Waals surface area contributed by atoms with Crippen molar-refractivity contribution in [2.75, 3.05) is 39.0 Å². The quantitative estimate of drug-likeness (QED) is 0.464. The normalized spacial score (nSPS) is 20.2. The van der Waals surface area contributed by atoms with Crippen LogP contribution in [0.4, 0.5) is 5.69 Å². The molecule has 1 aromatic rings. The maximum absolute atomic E-state index is 12.8. The summed E-state index contributed by atoms with van der Waals surface area (Å²) in [5.41, 5.74) is 12.6. The number of carbonyl (C=O) groups is 2. The van der Waals surface area contributed by atoms with Crippen LogP contribution in [0.25, 0.3) is 0 Å². The molecule has 0 aromatic heterocycles. The van der Waals surface area contributed by atoms with E-state index in [1.54, 1.807) is 12.1 Å². The van der Waals surface area contributed by atoms with Gasteiger partial charge in [0.15, 0.2) is 0 Å². The number of halogens is 1. The number of methoxy groups -OCH3 is 1. The van der Waals surface area contributed by atoms with Gasteiger partial charge in [0.25, 0.3) is 5.91 Å². The Morgan fingerprint density at radius 2 is 1.90 bits per heavy atom. The van der Waals surface area contributed by atoms with Crippen molar-refractivity contribution in [3.63, 3.8) is 0 Å². The van der Waals surface area contributed by atoms with Crippen molar-refractivity contribution in [1.82, 2.24) is 15.5 Å². The average molecular weight is 468 g/mol. The third-order valence-electron chi connectivity index (χ3n) is 5.94. The first kappa shape index (κ1) is 21.9. The molecule has 0 saturated carbocycles. The van der Waals surface area contributed by atoms with Gasteiger partial charge in [-0.3, -0.25) is 14.5 Å². The van der Waals surface area contributed by atoms with E-state index in [9.17, 15) is 9.59 Å². The zero-order chi connectivity index (χ0) is 21.0. The largest absolute Gasteiger partial charge is 0.496 e. The number of amides is 2. The number of ether oxygens (including phenoxy) is 1. The highest BCUT2D eigenvalue weighted by molar-refractivity contribution is 9.10. The van der Waals surface area contributed by atoms with Crippen molar-refractivity contribution in [3.8, 4) is 5.75 Å². The SMILES string of the molecule is COc1cc(N)c(Br)cc1C(=O)NC1CCN(C(C(N)=O)C2CCNCC2)CC1. The predicted octanol–water partition coefficient (Wildman–Crippen LogP) is 1.09. The van der Waals surface area contributed by atoms with Crippen molar-refractivity contribution < 1.29 is 14.3 Å². The van der Waals surface area contributed by atoms with Crippen LogP contribution >= 0.6 is 15.9 Å². The molecule has 0 spiro atoms. The third kappa shape index (κ3) is 5.21. The molecule has 0 aliphatic carbocycles. The molecule has 8 nitrogen and oxygen atoms in total. The fraction of sp³-hybridized carbons (Fsp3) is 0.600. The van der Waals surface area contributed by atoms with E-state index in [4.69, 9.17) is 16.2 Å². The van der Waals surface area contributed by atoms with Crippen LogP contribution in [-0.2, 0) is 4.79 Å². The number of primary amides is 1. The third-order valence-corrected chi connectivity index (χ3v) is 6.63. The van der Waals surface area contributed by atoms with Gasteiger partial charge in [-0.25, -0.2) is 0 Å². The molecule has 2 fully saturated rings. The number of benzene rings is 1. The van der Waals surface area contributed by atoms with Crippen LogP contribution in [0, 0.1) is 5.92 Å². The zero-order valence-electron chi connectivity index (χ0n) is 16.7. The highest BCUT2D eigenvalue weighted by Crippen LogP contribution is 2.30. The molecule has 1 unspecified atom stereocenters. The molecule has 2 saturated heterocycles. The number of hydrogen-bond donors (Lipinski definition) is 4. The van der Waals surface area contributed by atoms with E-state index in [1.165, 1.54) is 7.11 Å². The molecule has 160 valence electrons. The van der Waals surface area contributed by atoms with Crippen molar-refractivity contribution in [2.24, 2.45) is 11.7 Å². The van der Waals surface area contributed by atoms with Gasteiger partial charge < -0.3 is 26.8 Å². The van der Waals surface area contributed by atoms with Gasteiger partial charge in [-0.05, 0) is 66.7 Å². The molecule has 2 amide bonds. The van der Waals surface area contributed by atoms with Crippen LogP contribution in [0.5, 0.6) is 5.75 Å².